The second-order valence-corrected chi connectivity index (χ2v) is 10.1. The van der Waals surface area contributed by atoms with Gasteiger partial charge in [0.05, 0.1) is 17.1 Å². The van der Waals surface area contributed by atoms with Gasteiger partial charge in [0.25, 0.3) is 5.91 Å². The molecule has 1 amide bonds. The van der Waals surface area contributed by atoms with E-state index in [1.54, 1.807) is 13.0 Å². The number of piperidine rings is 1. The fourth-order valence-electron chi connectivity index (χ4n) is 3.92. The standard InChI is InChI=1S/C23H33N5O4S/c1-5-10-16(3)28-21(17(4)24)23(29)25-22(26-28)19-15-18(11-12-20(19)32-6-2)33(30,31)27-13-8-7-9-14-27/h11-12,15H,3,5-10,13-14,24H2,1-2,4H3,(H,25,26,29)/b21-17-. The van der Waals surface area contributed by atoms with Crippen molar-refractivity contribution in [1.29, 1.82) is 0 Å². The highest BCUT2D eigenvalue weighted by molar-refractivity contribution is 7.89. The van der Waals surface area contributed by atoms with Gasteiger partial charge in [-0.1, -0.05) is 26.3 Å². The maximum Gasteiger partial charge on any atom is 0.277 e. The van der Waals surface area contributed by atoms with Crippen LogP contribution in [-0.2, 0) is 14.8 Å². The third kappa shape index (κ3) is 5.22. The predicted octanol–water partition coefficient (Wildman–Crippen LogP) is 2.86. The van der Waals surface area contributed by atoms with E-state index >= 15 is 0 Å². The predicted molar refractivity (Wildman–Crippen MR) is 128 cm³/mol. The molecule has 0 aromatic heterocycles. The maximum atomic E-state index is 13.3. The molecule has 1 fully saturated rings. The van der Waals surface area contributed by atoms with Gasteiger partial charge in [-0.25, -0.2) is 13.4 Å². The molecule has 0 spiro atoms. The molecule has 2 heterocycles. The first-order chi connectivity index (χ1) is 15.7. The molecule has 2 aliphatic rings. The zero-order chi connectivity index (χ0) is 24.2. The first-order valence-electron chi connectivity index (χ1n) is 11.3. The van der Waals surface area contributed by atoms with Crippen molar-refractivity contribution in [2.45, 2.75) is 57.8 Å². The molecule has 2 aliphatic heterocycles. The normalized spacial score (nSPS) is 19.1. The number of amidine groups is 1. The van der Waals surface area contributed by atoms with Crippen molar-refractivity contribution in [3.05, 3.63) is 47.4 Å². The van der Waals surface area contributed by atoms with Crippen LogP contribution in [0.2, 0.25) is 0 Å². The molecule has 10 heteroatoms. The van der Waals surface area contributed by atoms with Crippen LogP contribution in [-0.4, -0.2) is 49.2 Å². The Bertz CT molecular complexity index is 1080. The average Bonchev–Trinajstić information content (AvgIpc) is 2.79. The first kappa shape index (κ1) is 24.8. The van der Waals surface area contributed by atoms with Crippen LogP contribution in [0.1, 0.15) is 58.4 Å². The molecular weight excluding hydrogens is 442 g/mol. The number of ether oxygens (including phenoxy) is 1. The van der Waals surface area contributed by atoms with Crippen molar-refractivity contribution in [2.24, 2.45) is 10.8 Å². The molecule has 0 saturated carbocycles. The molecule has 0 bridgehead atoms. The molecule has 3 rings (SSSR count). The van der Waals surface area contributed by atoms with Gasteiger partial charge >= 0.3 is 0 Å². The zero-order valence-electron chi connectivity index (χ0n) is 19.6. The summed E-state index contributed by atoms with van der Waals surface area (Å²) >= 11 is 0. The Morgan fingerprint density at radius 2 is 1.94 bits per heavy atom. The number of hydrogen-bond donors (Lipinski definition) is 2. The number of rotatable bonds is 8. The van der Waals surface area contributed by atoms with Gasteiger partial charge in [-0.2, -0.15) is 4.31 Å². The average molecular weight is 476 g/mol. The molecule has 3 N–H and O–H groups in total. The number of nitrogens with two attached hydrogens (primary N) is 1. The van der Waals surface area contributed by atoms with Crippen molar-refractivity contribution in [3.63, 3.8) is 0 Å². The number of carbonyl (C=O) groups excluding carboxylic acids is 1. The van der Waals surface area contributed by atoms with Crippen molar-refractivity contribution < 1.29 is 17.9 Å². The number of carbonyl (C=O) groups is 1. The Labute approximate surface area is 196 Å². The number of allylic oxidation sites excluding steroid dienone is 2. The minimum absolute atomic E-state index is 0.134. The number of nitrogens with zero attached hydrogens (tertiary/aromatic N) is 3. The molecule has 0 atom stereocenters. The van der Waals surface area contributed by atoms with E-state index in [2.05, 4.69) is 17.0 Å². The SMILES string of the molecule is C=C(CCC)N1N=C(c2cc(S(=O)(=O)N3CCCCC3)ccc2OCC)NC(=O)/C1=C(\C)N. The number of amides is 1. The third-order valence-electron chi connectivity index (χ3n) is 5.53. The molecular formula is C23H33N5O4S. The van der Waals surface area contributed by atoms with Crippen LogP contribution >= 0.6 is 0 Å². The van der Waals surface area contributed by atoms with Gasteiger partial charge < -0.3 is 15.8 Å². The number of hydrogen-bond acceptors (Lipinski definition) is 7. The van der Waals surface area contributed by atoms with Crippen LogP contribution in [0.3, 0.4) is 0 Å². The van der Waals surface area contributed by atoms with E-state index in [-0.39, 0.29) is 16.4 Å². The number of nitrogens with one attached hydrogen (secondary N) is 1. The zero-order valence-corrected chi connectivity index (χ0v) is 20.4. The maximum absolute atomic E-state index is 13.3. The lowest BCUT2D eigenvalue weighted by molar-refractivity contribution is -0.118. The van der Waals surface area contributed by atoms with Crippen molar-refractivity contribution in [2.75, 3.05) is 19.7 Å². The highest BCUT2D eigenvalue weighted by Gasteiger charge is 2.32. The minimum atomic E-state index is -3.68. The lowest BCUT2D eigenvalue weighted by Gasteiger charge is -2.30. The van der Waals surface area contributed by atoms with Crippen LogP contribution in [0, 0.1) is 0 Å². The lowest BCUT2D eigenvalue weighted by Crippen LogP contribution is -2.44. The van der Waals surface area contributed by atoms with Gasteiger partial charge in [-0.3, -0.25) is 4.79 Å². The molecule has 1 aromatic carbocycles. The van der Waals surface area contributed by atoms with E-state index in [9.17, 15) is 13.2 Å². The molecule has 1 saturated heterocycles. The highest BCUT2D eigenvalue weighted by Crippen LogP contribution is 2.29. The van der Waals surface area contributed by atoms with E-state index in [0.717, 1.165) is 25.7 Å². The number of hydrazone groups is 1. The number of sulfonamides is 1. The smallest absolute Gasteiger partial charge is 0.277 e. The van der Waals surface area contributed by atoms with Gasteiger partial charge in [0.1, 0.15) is 11.4 Å². The van der Waals surface area contributed by atoms with Gasteiger partial charge in [0.15, 0.2) is 5.84 Å². The Morgan fingerprint density at radius 3 is 2.55 bits per heavy atom. The van der Waals surface area contributed by atoms with Crippen molar-refractivity contribution in [3.8, 4) is 5.75 Å². The molecule has 1 aromatic rings. The van der Waals surface area contributed by atoms with Crippen molar-refractivity contribution in [1.82, 2.24) is 14.6 Å². The topological polar surface area (TPSA) is 117 Å². The highest BCUT2D eigenvalue weighted by atomic mass is 32.2. The Morgan fingerprint density at radius 1 is 1.24 bits per heavy atom. The summed E-state index contributed by atoms with van der Waals surface area (Å²) in [5, 5.41) is 8.78. The van der Waals surface area contributed by atoms with Crippen molar-refractivity contribution >= 4 is 21.8 Å². The summed E-state index contributed by atoms with van der Waals surface area (Å²) < 4.78 is 33.8. The second-order valence-electron chi connectivity index (χ2n) is 8.12. The fourth-order valence-corrected chi connectivity index (χ4v) is 5.46. The second kappa shape index (κ2) is 10.4. The van der Waals surface area contributed by atoms with Crippen LogP contribution in [0.5, 0.6) is 5.75 Å². The van der Waals surface area contributed by atoms with Crippen LogP contribution in [0.25, 0.3) is 0 Å². The summed E-state index contributed by atoms with van der Waals surface area (Å²) in [6, 6.07) is 4.65. The largest absolute Gasteiger partial charge is 0.493 e. The first-order valence-corrected chi connectivity index (χ1v) is 12.8. The minimum Gasteiger partial charge on any atom is -0.493 e. The van der Waals surface area contributed by atoms with Gasteiger partial charge in [0.2, 0.25) is 10.0 Å². The molecule has 9 nitrogen and oxygen atoms in total. The Balaban J connectivity index is 2.12. The van der Waals surface area contributed by atoms with Crippen LogP contribution < -0.4 is 15.8 Å². The molecule has 0 unspecified atom stereocenters. The molecule has 0 aliphatic carbocycles. The van der Waals surface area contributed by atoms with Crippen LogP contribution in [0.4, 0.5) is 0 Å². The van der Waals surface area contributed by atoms with E-state index < -0.39 is 15.9 Å². The van der Waals surface area contributed by atoms with Crippen LogP contribution in [0.15, 0.2) is 51.9 Å². The van der Waals surface area contributed by atoms with Gasteiger partial charge in [-0.05, 0) is 51.3 Å². The van der Waals surface area contributed by atoms with E-state index in [0.29, 0.717) is 48.8 Å². The van der Waals surface area contributed by atoms with E-state index in [1.807, 2.05) is 13.8 Å². The quantitative estimate of drug-likeness (QED) is 0.559. The summed E-state index contributed by atoms with van der Waals surface area (Å²) in [7, 11) is -3.68. The molecule has 0 radical (unpaired) electrons. The monoisotopic (exact) mass is 475 g/mol. The van der Waals surface area contributed by atoms with Gasteiger partial charge in [-0.15, -0.1) is 5.10 Å². The lowest BCUT2D eigenvalue weighted by atomic mass is 10.1. The Hall–Kier alpha value is -2.85. The Kier molecular flexibility index (Phi) is 7.80. The number of benzene rings is 1. The van der Waals surface area contributed by atoms with Gasteiger partial charge in [0, 0.05) is 24.5 Å². The summed E-state index contributed by atoms with van der Waals surface area (Å²) in [6.45, 7) is 10.9. The third-order valence-corrected chi connectivity index (χ3v) is 7.42. The summed E-state index contributed by atoms with van der Waals surface area (Å²) in [5.74, 6) is 0.164. The van der Waals surface area contributed by atoms with E-state index in [4.69, 9.17) is 10.5 Å². The van der Waals surface area contributed by atoms with E-state index in [1.165, 1.54) is 21.4 Å². The molecule has 33 heavy (non-hydrogen) atoms. The fraction of sp³-hybridized carbons (Fsp3) is 0.478. The summed E-state index contributed by atoms with van der Waals surface area (Å²) in [4.78, 5) is 13.1. The molecule has 180 valence electrons. The summed E-state index contributed by atoms with van der Waals surface area (Å²) in [6.07, 6.45) is 4.13. The summed E-state index contributed by atoms with van der Waals surface area (Å²) in [5.41, 5.74) is 7.46.